The van der Waals surface area contributed by atoms with Gasteiger partial charge in [0.15, 0.2) is 0 Å². The summed E-state index contributed by atoms with van der Waals surface area (Å²) >= 11 is 6.03. The van der Waals surface area contributed by atoms with Crippen molar-refractivity contribution in [2.45, 2.75) is 36.1 Å². The quantitative estimate of drug-likeness (QED) is 0.106. The van der Waals surface area contributed by atoms with E-state index in [-0.39, 0.29) is 118 Å². The Morgan fingerprint density at radius 3 is 1.42 bits per heavy atom. The summed E-state index contributed by atoms with van der Waals surface area (Å²) in [5, 5.41) is 32.9. The third-order valence-corrected chi connectivity index (χ3v) is 5.32. The standard InChI is InChI=1S/C10H11BrN2O4.C9H9BrN2O4.3CH4.Na.H2O/c1-4(14)13-8-6(12)3-5(10(16)17-2)9(15)7(8)11;1-3(13)12-7-5(11)2-4(9(15)16)8(14)6(7)10;;;;;/h3,15H,12H2,1-2H3,(H,13,14);2,14H,11H2,1H3,(H,12,13)(H,15,16);3*1H4;;1H2/q;;;;;+1;/p-1. The van der Waals surface area contributed by atoms with E-state index in [0.29, 0.717) is 0 Å². The third-order valence-electron chi connectivity index (χ3n) is 3.78. The van der Waals surface area contributed by atoms with Crippen molar-refractivity contribution in [1.29, 1.82) is 0 Å². The number of halogens is 2. The topological polar surface area (TPSA) is 244 Å². The zero-order chi connectivity index (χ0) is 25.6. The van der Waals surface area contributed by atoms with Crippen LogP contribution in [0.25, 0.3) is 0 Å². The second-order valence-electron chi connectivity index (χ2n) is 6.26. The number of nitrogen functional groups attached to an aromatic ring is 2. The van der Waals surface area contributed by atoms with Gasteiger partial charge in [0.25, 0.3) is 0 Å². The SMILES string of the molecule is C.C.C.CC(=O)Nc1c(N)cc(C(=O)O)c(O)c1Br.COC(=O)c1cc(N)c(NC(C)=O)c(Br)c1O.[Na+].[OH-]. The van der Waals surface area contributed by atoms with E-state index in [1.165, 1.54) is 27.0 Å². The summed E-state index contributed by atoms with van der Waals surface area (Å²) in [4.78, 5) is 43.9. The van der Waals surface area contributed by atoms with Crippen LogP contribution in [0.2, 0.25) is 0 Å². The molecule has 0 aliphatic heterocycles. The second kappa shape index (κ2) is 19.5. The second-order valence-corrected chi connectivity index (χ2v) is 7.85. The molecule has 0 radical (unpaired) electrons. The molecule has 13 nitrogen and oxygen atoms in total. The molecule has 0 spiro atoms. The summed E-state index contributed by atoms with van der Waals surface area (Å²) in [6, 6.07) is 2.31. The fourth-order valence-corrected chi connectivity index (χ4v) is 3.44. The number of carbonyl (C=O) groups is 4. The van der Waals surface area contributed by atoms with Gasteiger partial charge < -0.3 is 47.6 Å². The van der Waals surface area contributed by atoms with Gasteiger partial charge in [0, 0.05) is 13.8 Å². The Hall–Kier alpha value is -2.56. The molecular weight excluding hydrogens is 647 g/mol. The summed E-state index contributed by atoms with van der Waals surface area (Å²) in [6.07, 6.45) is 0. The molecule has 38 heavy (non-hydrogen) atoms. The molecule has 2 amide bonds. The summed E-state index contributed by atoms with van der Waals surface area (Å²) < 4.78 is 4.66. The maximum atomic E-state index is 11.3. The first kappa shape index (κ1) is 45.4. The number of ether oxygens (including phenoxy) is 1. The van der Waals surface area contributed by atoms with E-state index in [1.807, 2.05) is 0 Å². The molecule has 2 aromatic carbocycles. The van der Waals surface area contributed by atoms with E-state index in [4.69, 9.17) is 16.6 Å². The Morgan fingerprint density at radius 2 is 1.13 bits per heavy atom. The van der Waals surface area contributed by atoms with Gasteiger partial charge in [-0.2, -0.15) is 0 Å². The monoisotopic (exact) mass is 678 g/mol. The van der Waals surface area contributed by atoms with Crippen molar-refractivity contribution in [3.8, 4) is 11.5 Å². The van der Waals surface area contributed by atoms with Crippen LogP contribution in [0.15, 0.2) is 21.1 Å². The number of nitrogens with one attached hydrogen (secondary N) is 2. The Kier molecular flexibility index (Phi) is 23.3. The van der Waals surface area contributed by atoms with Crippen molar-refractivity contribution < 1.29 is 74.3 Å². The molecule has 10 N–H and O–H groups in total. The van der Waals surface area contributed by atoms with Crippen LogP contribution in [0.5, 0.6) is 11.5 Å². The zero-order valence-electron chi connectivity index (χ0n) is 18.9. The van der Waals surface area contributed by atoms with Gasteiger partial charge in [-0.3, -0.25) is 9.59 Å². The van der Waals surface area contributed by atoms with Crippen molar-refractivity contribution in [2.24, 2.45) is 0 Å². The molecule has 0 fully saturated rings. The number of carboxylic acid groups (broad SMARTS) is 1. The molecule has 0 atom stereocenters. The minimum Gasteiger partial charge on any atom is -0.870 e. The average molecular weight is 680 g/mol. The van der Waals surface area contributed by atoms with Gasteiger partial charge in [0.2, 0.25) is 11.8 Å². The van der Waals surface area contributed by atoms with Crippen LogP contribution in [0.1, 0.15) is 56.8 Å². The van der Waals surface area contributed by atoms with Gasteiger partial charge in [-0.1, -0.05) is 22.3 Å². The van der Waals surface area contributed by atoms with Crippen LogP contribution in [0.3, 0.4) is 0 Å². The number of anilines is 4. The Labute approximate surface area is 260 Å². The Morgan fingerprint density at radius 1 is 0.816 bits per heavy atom. The number of nitrogens with two attached hydrogens (primary N) is 2. The maximum Gasteiger partial charge on any atom is 1.00 e. The van der Waals surface area contributed by atoms with E-state index in [1.54, 1.807) is 0 Å². The molecule has 0 unspecified atom stereocenters. The molecule has 16 heteroatoms. The number of rotatable bonds is 4. The number of carboxylic acids is 1. The van der Waals surface area contributed by atoms with Gasteiger partial charge in [-0.05, 0) is 44.0 Å². The van der Waals surface area contributed by atoms with Crippen LogP contribution < -0.4 is 51.7 Å². The number of hydrogen-bond acceptors (Lipinski definition) is 10. The number of amides is 2. The number of benzene rings is 2. The van der Waals surface area contributed by atoms with E-state index in [9.17, 15) is 29.4 Å². The number of esters is 1. The minimum atomic E-state index is -1.31. The predicted molar refractivity (Wildman–Crippen MR) is 149 cm³/mol. The third kappa shape index (κ3) is 11.4. The van der Waals surface area contributed by atoms with Gasteiger partial charge in [0.05, 0.1) is 38.8 Å². The van der Waals surface area contributed by atoms with Gasteiger partial charge in [0.1, 0.15) is 22.6 Å². The fourth-order valence-electron chi connectivity index (χ4n) is 2.35. The van der Waals surface area contributed by atoms with Crippen LogP contribution in [0.4, 0.5) is 22.7 Å². The predicted octanol–water partition coefficient (Wildman–Crippen LogP) is 1.61. The largest absolute Gasteiger partial charge is 1.00 e. The number of aromatic hydroxyl groups is 2. The first-order valence-electron chi connectivity index (χ1n) is 8.71. The number of carbonyl (C=O) groups excluding carboxylic acids is 3. The molecule has 0 saturated carbocycles. The van der Waals surface area contributed by atoms with E-state index in [0.717, 1.165) is 6.07 Å². The molecule has 0 bridgehead atoms. The number of phenolic OH excluding ortho intramolecular Hbond substituents is 1. The minimum absolute atomic E-state index is 0. The van der Waals surface area contributed by atoms with E-state index in [2.05, 4.69) is 47.2 Å². The van der Waals surface area contributed by atoms with Crippen molar-refractivity contribution in [3.63, 3.8) is 0 Å². The molecule has 0 aliphatic rings. The number of methoxy groups -OCH3 is 1. The molecule has 2 aromatic rings. The molecule has 0 saturated heterocycles. The molecule has 210 valence electrons. The van der Waals surface area contributed by atoms with Crippen LogP contribution in [-0.2, 0) is 14.3 Å². The fraction of sp³-hybridized carbons (Fsp3) is 0.273. The summed E-state index contributed by atoms with van der Waals surface area (Å²) in [6.45, 7) is 2.57. The zero-order valence-corrected chi connectivity index (χ0v) is 24.1. The molecule has 2 rings (SSSR count). The normalized spacial score (nSPS) is 8.55. The van der Waals surface area contributed by atoms with Crippen molar-refractivity contribution in [3.05, 3.63) is 32.2 Å². The smallest absolute Gasteiger partial charge is 0.870 e. The summed E-state index contributed by atoms with van der Waals surface area (Å²) in [5.74, 6) is -3.57. The van der Waals surface area contributed by atoms with Crippen molar-refractivity contribution >= 4 is 78.4 Å². The summed E-state index contributed by atoms with van der Waals surface area (Å²) in [7, 11) is 1.19. The van der Waals surface area contributed by atoms with E-state index < -0.39 is 17.7 Å². The Balaban J connectivity index is -0.000000169. The first-order valence-corrected chi connectivity index (χ1v) is 10.3. The maximum absolute atomic E-state index is 11.3. The molecule has 0 aliphatic carbocycles. The van der Waals surface area contributed by atoms with Gasteiger partial charge in [-0.15, -0.1) is 0 Å². The Bertz CT molecular complexity index is 1150. The van der Waals surface area contributed by atoms with Crippen LogP contribution >= 0.6 is 31.9 Å². The molecular formula is C22H33Br2N4NaO9. The van der Waals surface area contributed by atoms with Crippen LogP contribution in [-0.4, -0.2) is 51.7 Å². The van der Waals surface area contributed by atoms with Crippen molar-refractivity contribution in [2.75, 3.05) is 29.2 Å². The number of hydrogen-bond donors (Lipinski definition) is 7. The number of aromatic carboxylic acids is 1. The van der Waals surface area contributed by atoms with Crippen molar-refractivity contribution in [1.82, 2.24) is 0 Å². The van der Waals surface area contributed by atoms with Crippen LogP contribution in [0, 0.1) is 0 Å². The average Bonchev–Trinajstić information content (AvgIpc) is 2.73. The molecule has 0 heterocycles. The molecule has 0 aromatic heterocycles. The van der Waals surface area contributed by atoms with Gasteiger partial charge in [-0.25, -0.2) is 9.59 Å². The van der Waals surface area contributed by atoms with E-state index >= 15 is 0 Å². The summed E-state index contributed by atoms with van der Waals surface area (Å²) in [5.41, 5.74) is 11.4. The first-order chi connectivity index (χ1) is 15.2. The number of phenols is 2. The van der Waals surface area contributed by atoms with Gasteiger partial charge >= 0.3 is 41.5 Å².